The van der Waals surface area contributed by atoms with Crippen molar-refractivity contribution in [1.29, 1.82) is 0 Å². The van der Waals surface area contributed by atoms with E-state index in [2.05, 4.69) is 44.2 Å². The van der Waals surface area contributed by atoms with Crippen molar-refractivity contribution in [1.82, 2.24) is 0 Å². The maximum absolute atomic E-state index is 2.29. The van der Waals surface area contributed by atoms with Crippen LogP contribution < -0.4 is 0 Å². The summed E-state index contributed by atoms with van der Waals surface area (Å²) in [4.78, 5) is 0. The van der Waals surface area contributed by atoms with Crippen molar-refractivity contribution in [3.8, 4) is 0 Å². The number of hydrogen-bond acceptors (Lipinski definition) is 0. The minimum Gasteiger partial charge on any atom is -0.0654 e. The smallest absolute Gasteiger partial charge is 0.0654 e. The summed E-state index contributed by atoms with van der Waals surface area (Å²) in [5.74, 6) is 0.882. The number of benzene rings is 1. The molecule has 0 amide bonds. The Hall–Kier alpha value is -0.780. The summed E-state index contributed by atoms with van der Waals surface area (Å²) in [5, 5.41) is 0. The Morgan fingerprint density at radius 1 is 1.15 bits per heavy atom. The van der Waals surface area contributed by atoms with Crippen LogP contribution in [-0.4, -0.2) is 0 Å². The molecule has 0 saturated carbocycles. The lowest BCUT2D eigenvalue weighted by molar-refractivity contribution is 0.462. The van der Waals surface area contributed by atoms with Gasteiger partial charge >= 0.3 is 1.43 Å². The van der Waals surface area contributed by atoms with E-state index in [4.69, 9.17) is 0 Å². The maximum Gasteiger partial charge on any atom is 1.00 e. The molecular weight excluding hydrogens is 156 g/mol. The summed E-state index contributed by atoms with van der Waals surface area (Å²) < 4.78 is 0. The normalized spacial score (nSPS) is 12.8. The average Bonchev–Trinajstić information content (AvgIpc) is 2.19. The molecule has 0 heterocycles. The van der Waals surface area contributed by atoms with Gasteiger partial charge < -0.3 is 0 Å². The quantitative estimate of drug-likeness (QED) is 0.633. The van der Waals surface area contributed by atoms with E-state index in [0.29, 0.717) is 0 Å². The van der Waals surface area contributed by atoms with Gasteiger partial charge in [-0.2, -0.15) is 0 Å². The number of hydrogen-bond donors (Lipinski definition) is 0. The molecule has 0 fully saturated rings. The second kappa shape index (κ2) is 5.80. The van der Waals surface area contributed by atoms with Crippen LogP contribution >= 0.6 is 0 Å². The zero-order valence-corrected chi connectivity index (χ0v) is 8.79. The first-order valence-electron chi connectivity index (χ1n) is 5.40. The summed E-state index contributed by atoms with van der Waals surface area (Å²) in [7, 11) is 0. The molecule has 0 aromatic heterocycles. The Bertz CT molecular complexity index is 218. The van der Waals surface area contributed by atoms with Gasteiger partial charge in [0.2, 0.25) is 0 Å². The van der Waals surface area contributed by atoms with Crippen LogP contribution in [0.3, 0.4) is 0 Å². The molecule has 0 N–H and O–H groups in total. The fourth-order valence-electron chi connectivity index (χ4n) is 1.81. The van der Waals surface area contributed by atoms with Crippen molar-refractivity contribution in [2.24, 2.45) is 5.92 Å². The van der Waals surface area contributed by atoms with Crippen LogP contribution in [0.25, 0.3) is 0 Å². The van der Waals surface area contributed by atoms with Crippen molar-refractivity contribution < 1.29 is 1.43 Å². The molecule has 0 aliphatic heterocycles. The zero-order valence-electron chi connectivity index (χ0n) is 9.79. The van der Waals surface area contributed by atoms with Crippen molar-refractivity contribution in [3.63, 3.8) is 0 Å². The van der Waals surface area contributed by atoms with Crippen LogP contribution in [0.15, 0.2) is 30.3 Å². The highest BCUT2D eigenvalue weighted by molar-refractivity contribution is 5.15. The van der Waals surface area contributed by atoms with Gasteiger partial charge in [-0.3, -0.25) is 0 Å². The van der Waals surface area contributed by atoms with E-state index >= 15 is 0 Å². The van der Waals surface area contributed by atoms with E-state index in [1.807, 2.05) is 0 Å². The molecule has 0 aliphatic carbocycles. The molecule has 1 unspecified atom stereocenters. The second-order valence-corrected chi connectivity index (χ2v) is 3.75. The van der Waals surface area contributed by atoms with Gasteiger partial charge in [0.25, 0.3) is 0 Å². The van der Waals surface area contributed by atoms with Gasteiger partial charge in [-0.25, -0.2) is 0 Å². The Kier molecular flexibility index (Phi) is 4.59. The molecule has 0 spiro atoms. The fraction of sp³-hybridized carbons (Fsp3) is 0.538. The highest BCUT2D eigenvalue weighted by atomic mass is 14.1. The summed E-state index contributed by atoms with van der Waals surface area (Å²) in [5.41, 5.74) is 1.49. The summed E-state index contributed by atoms with van der Waals surface area (Å²) in [6, 6.07) is 10.8. The molecule has 0 radical (unpaired) electrons. The van der Waals surface area contributed by atoms with Crippen molar-refractivity contribution in [2.45, 2.75) is 39.5 Å². The van der Waals surface area contributed by atoms with Crippen LogP contribution in [0.5, 0.6) is 0 Å². The van der Waals surface area contributed by atoms with Crippen LogP contribution in [-0.2, 0) is 6.42 Å². The molecule has 0 nitrogen and oxygen atoms in total. The Labute approximate surface area is 83.5 Å². The SMILES string of the molecule is CCCC(CC)Cc1ccccc1.[H+]. The molecule has 0 aliphatic rings. The lowest BCUT2D eigenvalue weighted by Gasteiger charge is -2.13. The first kappa shape index (κ1) is 10.3. The van der Waals surface area contributed by atoms with Crippen LogP contribution in [0.4, 0.5) is 0 Å². The fourth-order valence-corrected chi connectivity index (χ4v) is 1.81. The van der Waals surface area contributed by atoms with Crippen LogP contribution in [0, 0.1) is 5.92 Å². The van der Waals surface area contributed by atoms with Gasteiger partial charge in [-0.1, -0.05) is 63.4 Å². The molecule has 0 bridgehead atoms. The topological polar surface area (TPSA) is 0 Å². The van der Waals surface area contributed by atoms with Gasteiger partial charge in [-0.15, -0.1) is 0 Å². The molecule has 1 rings (SSSR count). The monoisotopic (exact) mass is 177 g/mol. The predicted molar refractivity (Wildman–Crippen MR) is 59.9 cm³/mol. The van der Waals surface area contributed by atoms with Crippen molar-refractivity contribution in [3.05, 3.63) is 35.9 Å². The molecule has 0 saturated heterocycles. The minimum absolute atomic E-state index is 0. The standard InChI is InChI=1S/C13H20/c1-3-8-12(4-2)11-13-9-6-5-7-10-13/h5-7,9-10,12H,3-4,8,11H2,1-2H3/p+1. The molecule has 72 valence electrons. The maximum atomic E-state index is 2.29. The third-order valence-electron chi connectivity index (χ3n) is 2.64. The van der Waals surface area contributed by atoms with E-state index in [9.17, 15) is 0 Å². The van der Waals surface area contributed by atoms with E-state index in [1.165, 1.54) is 31.2 Å². The lowest BCUT2D eigenvalue weighted by atomic mass is 9.93. The lowest BCUT2D eigenvalue weighted by Crippen LogP contribution is -2.02. The average molecular weight is 177 g/mol. The molecule has 1 atom stereocenters. The largest absolute Gasteiger partial charge is 1.00 e. The molecule has 13 heavy (non-hydrogen) atoms. The summed E-state index contributed by atoms with van der Waals surface area (Å²) in [6.45, 7) is 4.57. The van der Waals surface area contributed by atoms with Gasteiger partial charge in [0.05, 0.1) is 0 Å². The van der Waals surface area contributed by atoms with Gasteiger partial charge in [0.15, 0.2) is 0 Å². The first-order chi connectivity index (χ1) is 6.36. The number of rotatable bonds is 5. The Balaban J connectivity index is 0.00000169. The van der Waals surface area contributed by atoms with Gasteiger partial charge in [-0.05, 0) is 17.9 Å². The summed E-state index contributed by atoms with van der Waals surface area (Å²) >= 11 is 0. The zero-order chi connectivity index (χ0) is 9.52. The van der Waals surface area contributed by atoms with Crippen LogP contribution in [0.2, 0.25) is 0 Å². The van der Waals surface area contributed by atoms with Crippen LogP contribution in [0.1, 0.15) is 40.1 Å². The van der Waals surface area contributed by atoms with Gasteiger partial charge in [0, 0.05) is 0 Å². The van der Waals surface area contributed by atoms with E-state index in [1.54, 1.807) is 0 Å². The minimum atomic E-state index is 0. The Morgan fingerprint density at radius 2 is 1.85 bits per heavy atom. The third-order valence-corrected chi connectivity index (χ3v) is 2.64. The molecule has 0 heteroatoms. The Morgan fingerprint density at radius 3 is 2.38 bits per heavy atom. The molecule has 1 aromatic rings. The summed E-state index contributed by atoms with van der Waals surface area (Å²) in [6.07, 6.45) is 5.24. The van der Waals surface area contributed by atoms with Crippen molar-refractivity contribution >= 4 is 0 Å². The van der Waals surface area contributed by atoms with Gasteiger partial charge in [0.1, 0.15) is 0 Å². The predicted octanol–water partition coefficient (Wildman–Crippen LogP) is 4.17. The van der Waals surface area contributed by atoms with E-state index in [-0.39, 0.29) is 1.43 Å². The second-order valence-electron chi connectivity index (χ2n) is 3.75. The van der Waals surface area contributed by atoms with E-state index < -0.39 is 0 Å². The van der Waals surface area contributed by atoms with Crippen molar-refractivity contribution in [2.75, 3.05) is 0 Å². The molecular formula is C13H21+. The third kappa shape index (κ3) is 3.63. The highest BCUT2D eigenvalue weighted by Gasteiger charge is 2.05. The highest BCUT2D eigenvalue weighted by Crippen LogP contribution is 2.16. The first-order valence-corrected chi connectivity index (χ1v) is 5.40. The molecule has 1 aromatic carbocycles. The van der Waals surface area contributed by atoms with E-state index in [0.717, 1.165) is 5.92 Å².